The van der Waals surface area contributed by atoms with Gasteiger partial charge < -0.3 is 0 Å². The summed E-state index contributed by atoms with van der Waals surface area (Å²) in [7, 11) is -1.70. The van der Waals surface area contributed by atoms with Crippen molar-refractivity contribution in [1.82, 2.24) is 0 Å². The van der Waals surface area contributed by atoms with Crippen LogP contribution in [-0.4, -0.2) is 13.6 Å². The zero-order chi connectivity index (χ0) is 18.2. The van der Waals surface area contributed by atoms with E-state index < -0.39 is 8.07 Å². The second-order valence-corrected chi connectivity index (χ2v) is 16.1. The summed E-state index contributed by atoms with van der Waals surface area (Å²) in [5.74, 6) is 0. The van der Waals surface area contributed by atoms with Crippen molar-refractivity contribution in [3.8, 4) is 0 Å². The molecular weight excluding hydrogens is 338 g/mol. The third-order valence-corrected chi connectivity index (χ3v) is 13.7. The van der Waals surface area contributed by atoms with Gasteiger partial charge in [-0.25, -0.2) is 0 Å². The number of hydrogen-bond donors (Lipinski definition) is 0. The molecule has 1 rings (SSSR count). The van der Waals surface area contributed by atoms with Gasteiger partial charge in [-0.3, -0.25) is 0 Å². The van der Waals surface area contributed by atoms with Crippen LogP contribution < -0.4 is 0 Å². The lowest BCUT2D eigenvalue weighted by Gasteiger charge is -2.48. The van der Waals surface area contributed by atoms with Crippen LogP contribution in [0, 0.1) is 5.41 Å². The molecule has 1 aliphatic carbocycles. The summed E-state index contributed by atoms with van der Waals surface area (Å²) in [5, 5.41) is 1.65. The Bertz CT molecular complexity index is 460. The van der Waals surface area contributed by atoms with Crippen LogP contribution >= 0.6 is 22.9 Å². The lowest BCUT2D eigenvalue weighted by molar-refractivity contribution is 0.487. The van der Waals surface area contributed by atoms with E-state index in [0.29, 0.717) is 16.6 Å². The van der Waals surface area contributed by atoms with Crippen LogP contribution in [0.1, 0.15) is 75.2 Å². The summed E-state index contributed by atoms with van der Waals surface area (Å²) in [5.41, 5.74) is 4.80. The largest absolute Gasteiger partial charge is 0.378 e. The average molecular weight is 373 g/mol. The van der Waals surface area contributed by atoms with Crippen molar-refractivity contribution < 1.29 is 0 Å². The Morgan fingerprint density at radius 2 is 1.39 bits per heavy atom. The molecule has 0 saturated carbocycles. The first kappa shape index (κ1) is 21.4. The van der Waals surface area contributed by atoms with Gasteiger partial charge >= 0.3 is 5.54 Å². The zero-order valence-corrected chi connectivity index (χ0v) is 19.1. The van der Waals surface area contributed by atoms with Crippen LogP contribution in [0.2, 0.25) is 16.6 Å². The minimum atomic E-state index is -1.70. The molecule has 132 valence electrons. The number of halogens is 2. The maximum atomic E-state index is 6.43. The van der Waals surface area contributed by atoms with Crippen LogP contribution in [0.25, 0.3) is 0 Å². The van der Waals surface area contributed by atoms with Crippen LogP contribution in [0.15, 0.2) is 22.3 Å². The van der Waals surface area contributed by atoms with E-state index in [4.69, 9.17) is 22.9 Å². The highest BCUT2D eigenvalue weighted by atomic mass is 35.5. The van der Waals surface area contributed by atoms with Crippen LogP contribution in [0.3, 0.4) is 0 Å². The quantitative estimate of drug-likeness (QED) is 0.341. The Hall–Kier alpha value is 0.342. The van der Waals surface area contributed by atoms with Gasteiger partial charge in [0.05, 0.1) is 8.07 Å². The molecule has 0 aliphatic heterocycles. The molecule has 0 aromatic rings. The molecule has 0 heterocycles. The normalized spacial score (nSPS) is 17.4. The molecule has 4 heteroatoms. The van der Waals surface area contributed by atoms with E-state index in [0.717, 1.165) is 12.8 Å². The van der Waals surface area contributed by atoms with Gasteiger partial charge in [0.15, 0.2) is 0 Å². The van der Waals surface area contributed by atoms with Crippen molar-refractivity contribution in [1.29, 1.82) is 0 Å². The lowest BCUT2D eigenvalue weighted by atomic mass is 9.76. The molecule has 0 nitrogen and oxygen atoms in total. The fraction of sp³-hybridized carbons (Fsp3) is 0.789. The smallest absolute Gasteiger partial charge is 0.165 e. The predicted molar refractivity (Wildman–Crippen MR) is 112 cm³/mol. The Kier molecular flexibility index (Phi) is 7.16. The SMILES string of the molecule is CC(C)[Si](C1=C(B(Cl)Cl)CC=C(C(C)(C)C)C1)(C(C)C)C(C)C. The highest BCUT2D eigenvalue weighted by Crippen LogP contribution is 2.52. The average Bonchev–Trinajstić information content (AvgIpc) is 2.36. The summed E-state index contributed by atoms with van der Waals surface area (Å²) < 4.78 is 0. The summed E-state index contributed by atoms with van der Waals surface area (Å²) in [6.45, 7) is 21.5. The van der Waals surface area contributed by atoms with Gasteiger partial charge in [0.1, 0.15) is 0 Å². The van der Waals surface area contributed by atoms with E-state index in [-0.39, 0.29) is 11.0 Å². The number of hydrogen-bond acceptors (Lipinski definition) is 0. The molecule has 0 aromatic heterocycles. The fourth-order valence-electron chi connectivity index (χ4n) is 5.00. The molecule has 0 bridgehead atoms. The molecule has 0 aromatic carbocycles. The first-order valence-corrected chi connectivity index (χ1v) is 12.2. The topological polar surface area (TPSA) is 0 Å². The summed E-state index contributed by atoms with van der Waals surface area (Å²) in [6.07, 6.45) is 4.40. The van der Waals surface area contributed by atoms with E-state index in [1.165, 1.54) is 5.47 Å². The van der Waals surface area contributed by atoms with E-state index in [1.54, 1.807) is 10.8 Å². The number of allylic oxidation sites excluding steroid dienone is 4. The molecule has 0 atom stereocenters. The molecule has 23 heavy (non-hydrogen) atoms. The molecular formula is C19H35BCl2Si. The van der Waals surface area contributed by atoms with Gasteiger partial charge in [0.25, 0.3) is 0 Å². The highest BCUT2D eigenvalue weighted by Gasteiger charge is 2.48. The first-order chi connectivity index (χ1) is 10.4. The molecule has 0 spiro atoms. The maximum Gasteiger partial charge on any atom is 0.378 e. The first-order valence-electron chi connectivity index (χ1n) is 9.06. The third-order valence-electron chi connectivity index (χ3n) is 5.94. The van der Waals surface area contributed by atoms with Gasteiger partial charge in [0, 0.05) is 0 Å². The van der Waals surface area contributed by atoms with Crippen molar-refractivity contribution in [2.24, 2.45) is 5.41 Å². The van der Waals surface area contributed by atoms with Crippen LogP contribution in [-0.2, 0) is 0 Å². The van der Waals surface area contributed by atoms with E-state index in [1.807, 2.05) is 0 Å². The van der Waals surface area contributed by atoms with Crippen molar-refractivity contribution in [3.63, 3.8) is 0 Å². The number of rotatable bonds is 5. The van der Waals surface area contributed by atoms with Gasteiger partial charge in [0.2, 0.25) is 0 Å². The van der Waals surface area contributed by atoms with Gasteiger partial charge in [-0.2, -0.15) is 22.9 Å². The summed E-state index contributed by atoms with van der Waals surface area (Å²) in [4.78, 5) is 0. The molecule has 0 amide bonds. The Balaban J connectivity index is 3.56. The van der Waals surface area contributed by atoms with Gasteiger partial charge in [-0.15, -0.1) is 0 Å². The molecule has 0 fully saturated rings. The highest BCUT2D eigenvalue weighted by molar-refractivity contribution is 7.37. The monoisotopic (exact) mass is 372 g/mol. The van der Waals surface area contributed by atoms with Crippen molar-refractivity contribution in [2.75, 3.05) is 0 Å². The standard InChI is InChI=1S/C19H35BCl2Si/c1-13(2)23(14(3)4,15(5)6)18-12-16(19(7,8)9)10-11-17(18)20(21)22/h10,13-15H,11-12H2,1-9H3. The molecule has 0 radical (unpaired) electrons. The van der Waals surface area contributed by atoms with E-state index in [2.05, 4.69) is 68.4 Å². The van der Waals surface area contributed by atoms with Crippen molar-refractivity contribution in [2.45, 2.75) is 91.8 Å². The zero-order valence-electron chi connectivity index (χ0n) is 16.6. The lowest BCUT2D eigenvalue weighted by Crippen LogP contribution is -2.48. The summed E-state index contributed by atoms with van der Waals surface area (Å²) >= 11 is 12.9. The Morgan fingerprint density at radius 3 is 1.70 bits per heavy atom. The van der Waals surface area contributed by atoms with Crippen LogP contribution in [0.5, 0.6) is 0 Å². The van der Waals surface area contributed by atoms with Gasteiger partial charge in [-0.1, -0.05) is 84.6 Å². The Morgan fingerprint density at radius 1 is 0.957 bits per heavy atom. The second-order valence-electron chi connectivity index (χ2n) is 9.06. The van der Waals surface area contributed by atoms with Crippen molar-refractivity contribution >= 4 is 36.5 Å². The van der Waals surface area contributed by atoms with E-state index in [9.17, 15) is 0 Å². The van der Waals surface area contributed by atoms with Gasteiger partial charge in [-0.05, 0) is 34.9 Å². The minimum Gasteiger partial charge on any atom is -0.165 e. The van der Waals surface area contributed by atoms with E-state index >= 15 is 0 Å². The molecule has 0 unspecified atom stereocenters. The predicted octanol–water partition coefficient (Wildman–Crippen LogP) is 7.77. The molecule has 0 saturated heterocycles. The second kappa shape index (κ2) is 7.70. The van der Waals surface area contributed by atoms with Crippen LogP contribution in [0.4, 0.5) is 0 Å². The minimum absolute atomic E-state index is 0.218. The molecule has 1 aliphatic rings. The Labute approximate surface area is 156 Å². The molecule has 0 N–H and O–H groups in total. The maximum absolute atomic E-state index is 6.43. The third kappa shape index (κ3) is 4.12. The fourth-order valence-corrected chi connectivity index (χ4v) is 13.0. The van der Waals surface area contributed by atoms with Crippen molar-refractivity contribution in [3.05, 3.63) is 22.3 Å². The summed E-state index contributed by atoms with van der Waals surface area (Å²) in [6, 6.07) is 0.